The van der Waals surface area contributed by atoms with Crippen molar-refractivity contribution in [3.63, 3.8) is 0 Å². The van der Waals surface area contributed by atoms with Gasteiger partial charge in [-0.1, -0.05) is 23.2 Å². The van der Waals surface area contributed by atoms with Gasteiger partial charge in [0.25, 0.3) is 0 Å². The van der Waals surface area contributed by atoms with Crippen LogP contribution in [0.2, 0.25) is 10.0 Å². The molecule has 0 aliphatic rings. The van der Waals surface area contributed by atoms with Crippen LogP contribution < -0.4 is 10.6 Å². The van der Waals surface area contributed by atoms with Gasteiger partial charge in [-0.15, -0.1) is 0 Å². The lowest BCUT2D eigenvalue weighted by Crippen LogP contribution is -2.00. The Morgan fingerprint density at radius 3 is 2.46 bits per heavy atom. The average Bonchev–Trinajstić information content (AvgIpc) is 2.58. The summed E-state index contributed by atoms with van der Waals surface area (Å²) in [5.41, 5.74) is 2.09. The number of aromatic nitrogens is 2. The smallest absolute Gasteiger partial charge is 0.229 e. The van der Waals surface area contributed by atoms with E-state index in [0.29, 0.717) is 33.1 Å². The minimum atomic E-state index is 0.401. The van der Waals surface area contributed by atoms with Crippen LogP contribution in [-0.4, -0.2) is 9.97 Å². The van der Waals surface area contributed by atoms with Crippen LogP contribution in [0, 0.1) is 11.3 Å². The van der Waals surface area contributed by atoms with Crippen molar-refractivity contribution < 1.29 is 0 Å². The molecule has 1 aromatic heterocycles. The molecule has 5 nitrogen and oxygen atoms in total. The molecule has 7 heteroatoms. The number of rotatable bonds is 4. The maximum atomic E-state index is 8.82. The Bertz CT molecular complexity index is 904. The maximum Gasteiger partial charge on any atom is 0.229 e. The van der Waals surface area contributed by atoms with Gasteiger partial charge in [0.05, 0.1) is 22.3 Å². The summed E-state index contributed by atoms with van der Waals surface area (Å²) in [5.74, 6) is 1.01. The molecule has 0 spiro atoms. The third-order valence-corrected chi connectivity index (χ3v) is 3.67. The lowest BCUT2D eigenvalue weighted by molar-refractivity contribution is 1.17. The van der Waals surface area contributed by atoms with Gasteiger partial charge >= 0.3 is 0 Å². The van der Waals surface area contributed by atoms with Gasteiger partial charge in [0, 0.05) is 16.9 Å². The first-order valence-corrected chi connectivity index (χ1v) is 7.72. The molecular formula is C17H11Cl2N5. The monoisotopic (exact) mass is 355 g/mol. The van der Waals surface area contributed by atoms with Crippen molar-refractivity contribution in [2.24, 2.45) is 0 Å². The van der Waals surface area contributed by atoms with E-state index in [2.05, 4.69) is 26.7 Å². The van der Waals surface area contributed by atoms with Gasteiger partial charge in [-0.3, -0.25) is 0 Å². The standard InChI is InChI=1S/C17H11Cl2N5/c18-12-3-6-15(14(19)9-12)23-17-21-8-7-16(24-17)22-13-4-1-11(10-20)2-5-13/h1-9H,(H2,21,22,23,24). The summed E-state index contributed by atoms with van der Waals surface area (Å²) in [4.78, 5) is 8.55. The first-order chi connectivity index (χ1) is 11.6. The molecular weight excluding hydrogens is 345 g/mol. The second kappa shape index (κ2) is 7.18. The van der Waals surface area contributed by atoms with E-state index in [4.69, 9.17) is 28.5 Å². The molecule has 2 N–H and O–H groups in total. The molecule has 0 amide bonds. The van der Waals surface area contributed by atoms with Gasteiger partial charge in [-0.25, -0.2) is 4.98 Å². The quantitative estimate of drug-likeness (QED) is 0.677. The van der Waals surface area contributed by atoms with Gasteiger partial charge in [-0.05, 0) is 48.5 Å². The molecule has 0 saturated heterocycles. The molecule has 2 aromatic carbocycles. The van der Waals surface area contributed by atoms with Gasteiger partial charge in [0.2, 0.25) is 5.95 Å². The second-order valence-electron chi connectivity index (χ2n) is 4.83. The van der Waals surface area contributed by atoms with Gasteiger partial charge in [0.1, 0.15) is 5.82 Å². The lowest BCUT2D eigenvalue weighted by Gasteiger charge is -2.09. The van der Waals surface area contributed by atoms with Gasteiger partial charge < -0.3 is 10.6 Å². The van der Waals surface area contributed by atoms with Crippen LogP contribution in [0.3, 0.4) is 0 Å². The van der Waals surface area contributed by atoms with Crippen LogP contribution in [0.25, 0.3) is 0 Å². The summed E-state index contributed by atoms with van der Waals surface area (Å²) in [6.45, 7) is 0. The number of hydrogen-bond donors (Lipinski definition) is 2. The summed E-state index contributed by atoms with van der Waals surface area (Å²) < 4.78 is 0. The van der Waals surface area contributed by atoms with Gasteiger partial charge in [-0.2, -0.15) is 10.2 Å². The van der Waals surface area contributed by atoms with E-state index < -0.39 is 0 Å². The highest BCUT2D eigenvalue weighted by atomic mass is 35.5. The third-order valence-electron chi connectivity index (χ3n) is 3.12. The van der Waals surface area contributed by atoms with E-state index in [1.807, 2.05) is 12.1 Å². The predicted molar refractivity (Wildman–Crippen MR) is 96.2 cm³/mol. The zero-order chi connectivity index (χ0) is 16.9. The highest BCUT2D eigenvalue weighted by molar-refractivity contribution is 6.36. The molecule has 0 aliphatic heterocycles. The largest absolute Gasteiger partial charge is 0.340 e. The number of anilines is 4. The molecule has 24 heavy (non-hydrogen) atoms. The van der Waals surface area contributed by atoms with Crippen molar-refractivity contribution >= 4 is 46.3 Å². The average molecular weight is 356 g/mol. The molecule has 0 radical (unpaired) electrons. The molecule has 0 fully saturated rings. The fourth-order valence-corrected chi connectivity index (χ4v) is 2.43. The Labute approximate surface area is 148 Å². The number of hydrogen-bond acceptors (Lipinski definition) is 5. The van der Waals surface area contributed by atoms with E-state index in [-0.39, 0.29) is 0 Å². The topological polar surface area (TPSA) is 73.6 Å². The normalized spacial score (nSPS) is 10.0. The van der Waals surface area contributed by atoms with Crippen molar-refractivity contribution in [2.45, 2.75) is 0 Å². The maximum absolute atomic E-state index is 8.82. The fourth-order valence-electron chi connectivity index (χ4n) is 1.98. The zero-order valence-corrected chi connectivity index (χ0v) is 13.8. The van der Waals surface area contributed by atoms with Gasteiger partial charge in [0.15, 0.2) is 0 Å². The highest BCUT2D eigenvalue weighted by Crippen LogP contribution is 2.27. The summed E-state index contributed by atoms with van der Waals surface area (Å²) in [6.07, 6.45) is 1.63. The number of nitriles is 1. The van der Waals surface area contributed by atoms with Crippen molar-refractivity contribution in [3.05, 3.63) is 70.3 Å². The SMILES string of the molecule is N#Cc1ccc(Nc2ccnc(Nc3ccc(Cl)cc3Cl)n2)cc1. The molecule has 0 aliphatic carbocycles. The van der Waals surface area contributed by atoms with E-state index in [9.17, 15) is 0 Å². The molecule has 0 unspecified atom stereocenters. The lowest BCUT2D eigenvalue weighted by atomic mass is 10.2. The Morgan fingerprint density at radius 1 is 0.958 bits per heavy atom. The van der Waals surface area contributed by atoms with E-state index >= 15 is 0 Å². The Balaban J connectivity index is 1.77. The van der Waals surface area contributed by atoms with Crippen LogP contribution in [0.15, 0.2) is 54.7 Å². The second-order valence-corrected chi connectivity index (χ2v) is 5.67. The van der Waals surface area contributed by atoms with Crippen molar-refractivity contribution in [3.8, 4) is 6.07 Å². The van der Waals surface area contributed by atoms with E-state index in [1.165, 1.54) is 0 Å². The van der Waals surface area contributed by atoms with Crippen LogP contribution in [0.1, 0.15) is 5.56 Å². The van der Waals surface area contributed by atoms with Crippen molar-refractivity contribution in [1.82, 2.24) is 9.97 Å². The summed E-state index contributed by atoms with van der Waals surface area (Å²) in [7, 11) is 0. The third kappa shape index (κ3) is 3.93. The Morgan fingerprint density at radius 2 is 1.75 bits per heavy atom. The van der Waals surface area contributed by atoms with Crippen LogP contribution >= 0.6 is 23.2 Å². The van der Waals surface area contributed by atoms with Crippen LogP contribution in [-0.2, 0) is 0 Å². The fraction of sp³-hybridized carbons (Fsp3) is 0. The molecule has 3 aromatic rings. The van der Waals surface area contributed by atoms with Crippen LogP contribution in [0.5, 0.6) is 0 Å². The predicted octanol–water partition coefficient (Wildman–Crippen LogP) is 5.14. The molecule has 0 atom stereocenters. The number of benzene rings is 2. The molecule has 3 rings (SSSR count). The Kier molecular flexibility index (Phi) is 4.80. The molecule has 0 bridgehead atoms. The van der Waals surface area contributed by atoms with Crippen molar-refractivity contribution in [1.29, 1.82) is 5.26 Å². The molecule has 1 heterocycles. The first-order valence-electron chi connectivity index (χ1n) is 6.96. The summed E-state index contributed by atoms with van der Waals surface area (Å²) >= 11 is 12.0. The molecule has 118 valence electrons. The minimum Gasteiger partial charge on any atom is -0.340 e. The number of nitrogens with zero attached hydrogens (tertiary/aromatic N) is 3. The van der Waals surface area contributed by atoms with E-state index in [0.717, 1.165) is 5.69 Å². The highest BCUT2D eigenvalue weighted by Gasteiger charge is 2.05. The zero-order valence-electron chi connectivity index (χ0n) is 12.3. The van der Waals surface area contributed by atoms with Crippen LogP contribution in [0.4, 0.5) is 23.1 Å². The number of halogens is 2. The first kappa shape index (κ1) is 16.1. The number of nitrogens with one attached hydrogen (secondary N) is 2. The van der Waals surface area contributed by atoms with E-state index in [1.54, 1.807) is 42.6 Å². The summed E-state index contributed by atoms with van der Waals surface area (Å²) in [6, 6.07) is 16.0. The summed E-state index contributed by atoms with van der Waals surface area (Å²) in [5, 5.41) is 16.1. The minimum absolute atomic E-state index is 0.401. The Hall–Kier alpha value is -2.81. The molecule has 0 saturated carbocycles. The van der Waals surface area contributed by atoms with Crippen molar-refractivity contribution in [2.75, 3.05) is 10.6 Å².